The smallest absolute Gasteiger partial charge is 0.225 e. The number of carbonyl (C=O) groups is 1. The van der Waals surface area contributed by atoms with Crippen LogP contribution in [0, 0.1) is 12.3 Å². The Labute approximate surface area is 169 Å². The lowest BCUT2D eigenvalue weighted by molar-refractivity contribution is -0.128. The predicted octanol–water partition coefficient (Wildman–Crippen LogP) is 3.17. The van der Waals surface area contributed by atoms with Crippen LogP contribution in [0.2, 0.25) is 0 Å². The van der Waals surface area contributed by atoms with Crippen molar-refractivity contribution in [3.05, 3.63) is 35.4 Å². The number of hydrogen-bond acceptors (Lipinski definition) is 2. The molecule has 0 spiro atoms. The van der Waals surface area contributed by atoms with E-state index in [1.54, 1.807) is 0 Å². The second-order valence-corrected chi connectivity index (χ2v) is 7.02. The Morgan fingerprint density at radius 2 is 1.84 bits per heavy atom. The average molecular weight is 460 g/mol. The summed E-state index contributed by atoms with van der Waals surface area (Å²) in [4.78, 5) is 18.6. The summed E-state index contributed by atoms with van der Waals surface area (Å²) in [6.45, 7) is 12.6. The van der Waals surface area contributed by atoms with Gasteiger partial charge in [0.15, 0.2) is 5.96 Å². The molecular formula is C19H33IN4O. The van der Waals surface area contributed by atoms with Crippen molar-refractivity contribution in [2.24, 2.45) is 10.4 Å². The fourth-order valence-electron chi connectivity index (χ4n) is 2.18. The molecule has 0 fully saturated rings. The van der Waals surface area contributed by atoms with E-state index in [0.717, 1.165) is 19.0 Å². The maximum Gasteiger partial charge on any atom is 0.225 e. The van der Waals surface area contributed by atoms with Crippen LogP contribution in [0.4, 0.5) is 0 Å². The lowest BCUT2D eigenvalue weighted by Gasteiger charge is -2.23. The predicted molar refractivity (Wildman–Crippen MR) is 117 cm³/mol. The Bertz CT molecular complexity index is 567. The average Bonchev–Trinajstić information content (AvgIpc) is 2.51. The topological polar surface area (TPSA) is 56.7 Å². The van der Waals surface area contributed by atoms with Gasteiger partial charge in [-0.15, -0.1) is 24.0 Å². The van der Waals surface area contributed by atoms with E-state index in [2.05, 4.69) is 58.6 Å². The van der Waals surface area contributed by atoms with Gasteiger partial charge in [0.1, 0.15) is 0 Å². The van der Waals surface area contributed by atoms with E-state index in [9.17, 15) is 4.79 Å². The summed E-state index contributed by atoms with van der Waals surface area (Å²) in [5.74, 6) is 0.904. The van der Waals surface area contributed by atoms with Crippen molar-refractivity contribution in [1.82, 2.24) is 15.5 Å². The Morgan fingerprint density at radius 1 is 1.20 bits per heavy atom. The summed E-state index contributed by atoms with van der Waals surface area (Å²) < 4.78 is 0. The van der Waals surface area contributed by atoms with Crippen LogP contribution in [0.3, 0.4) is 0 Å². The highest BCUT2D eigenvalue weighted by Gasteiger charge is 2.20. The number of carbonyl (C=O) groups excluding carboxylic acids is 1. The number of halogens is 1. The second-order valence-electron chi connectivity index (χ2n) is 7.02. The molecule has 0 unspecified atom stereocenters. The van der Waals surface area contributed by atoms with Crippen molar-refractivity contribution in [2.45, 2.75) is 41.2 Å². The van der Waals surface area contributed by atoms with Gasteiger partial charge >= 0.3 is 0 Å². The SMILES string of the molecule is CCNC(=NCCNC(=O)C(C)(C)C)N(C)Cc1ccccc1C.I. The molecule has 142 valence electrons. The molecule has 0 radical (unpaired) electrons. The molecule has 0 aliphatic heterocycles. The lowest BCUT2D eigenvalue weighted by Crippen LogP contribution is -2.40. The molecule has 6 heteroatoms. The zero-order valence-electron chi connectivity index (χ0n) is 16.3. The Balaban J connectivity index is 0.00000576. The van der Waals surface area contributed by atoms with Gasteiger partial charge in [0, 0.05) is 32.1 Å². The van der Waals surface area contributed by atoms with Gasteiger partial charge in [-0.05, 0) is 25.0 Å². The van der Waals surface area contributed by atoms with Gasteiger partial charge in [0.05, 0.1) is 6.54 Å². The summed E-state index contributed by atoms with van der Waals surface area (Å²) in [7, 11) is 2.03. The lowest BCUT2D eigenvalue weighted by atomic mass is 9.96. The molecule has 1 rings (SSSR count). The van der Waals surface area contributed by atoms with E-state index in [-0.39, 0.29) is 35.3 Å². The highest BCUT2D eigenvalue weighted by atomic mass is 127. The Kier molecular flexibility index (Phi) is 10.7. The number of nitrogens with zero attached hydrogens (tertiary/aromatic N) is 2. The van der Waals surface area contributed by atoms with E-state index < -0.39 is 0 Å². The first kappa shape index (κ1) is 23.7. The molecule has 1 aromatic carbocycles. The number of aliphatic imine (C=N–C) groups is 1. The number of rotatable bonds is 6. The number of amides is 1. The van der Waals surface area contributed by atoms with E-state index in [4.69, 9.17) is 0 Å². The van der Waals surface area contributed by atoms with Gasteiger partial charge in [-0.3, -0.25) is 9.79 Å². The van der Waals surface area contributed by atoms with E-state index >= 15 is 0 Å². The highest BCUT2D eigenvalue weighted by molar-refractivity contribution is 14.0. The zero-order valence-corrected chi connectivity index (χ0v) is 18.7. The molecule has 0 saturated carbocycles. The molecule has 25 heavy (non-hydrogen) atoms. The minimum atomic E-state index is -0.365. The molecule has 1 amide bonds. The normalized spacial score (nSPS) is 11.5. The van der Waals surface area contributed by atoms with Gasteiger partial charge in [0.2, 0.25) is 5.91 Å². The molecule has 0 aromatic heterocycles. The largest absolute Gasteiger partial charge is 0.357 e. The minimum absolute atomic E-state index is 0. The quantitative estimate of drug-likeness (QED) is 0.297. The fraction of sp³-hybridized carbons (Fsp3) is 0.579. The summed E-state index contributed by atoms with van der Waals surface area (Å²) in [5, 5.41) is 6.23. The number of benzene rings is 1. The van der Waals surface area contributed by atoms with Crippen LogP contribution in [0.1, 0.15) is 38.8 Å². The van der Waals surface area contributed by atoms with Gasteiger partial charge in [-0.25, -0.2) is 0 Å². The third-order valence-corrected chi connectivity index (χ3v) is 3.71. The highest BCUT2D eigenvalue weighted by Crippen LogP contribution is 2.12. The van der Waals surface area contributed by atoms with Crippen LogP contribution in [0.5, 0.6) is 0 Å². The van der Waals surface area contributed by atoms with E-state index in [0.29, 0.717) is 13.1 Å². The third-order valence-electron chi connectivity index (χ3n) is 3.71. The van der Waals surface area contributed by atoms with Crippen molar-refractivity contribution < 1.29 is 4.79 Å². The van der Waals surface area contributed by atoms with E-state index in [1.807, 2.05) is 27.8 Å². The summed E-state index contributed by atoms with van der Waals surface area (Å²) >= 11 is 0. The Hall–Kier alpha value is -1.31. The zero-order chi connectivity index (χ0) is 18.2. The molecule has 5 nitrogen and oxygen atoms in total. The monoisotopic (exact) mass is 460 g/mol. The van der Waals surface area contributed by atoms with Gasteiger partial charge in [-0.1, -0.05) is 45.0 Å². The number of aryl methyl sites for hydroxylation is 1. The van der Waals surface area contributed by atoms with Crippen LogP contribution in [-0.2, 0) is 11.3 Å². The van der Waals surface area contributed by atoms with Gasteiger partial charge < -0.3 is 15.5 Å². The van der Waals surface area contributed by atoms with Crippen LogP contribution in [0.25, 0.3) is 0 Å². The summed E-state index contributed by atoms with van der Waals surface area (Å²) in [6.07, 6.45) is 0. The van der Waals surface area contributed by atoms with Crippen molar-refractivity contribution in [3.8, 4) is 0 Å². The molecule has 1 aromatic rings. The molecule has 0 heterocycles. The summed E-state index contributed by atoms with van der Waals surface area (Å²) in [6, 6.07) is 8.37. The number of nitrogens with one attached hydrogen (secondary N) is 2. The third kappa shape index (κ3) is 8.56. The molecule has 0 aliphatic rings. The standard InChI is InChI=1S/C19H32N4O.HI/c1-7-20-18(22-13-12-21-17(24)19(3,4)5)23(6)14-16-11-9-8-10-15(16)2;/h8-11H,7,12-14H2,1-6H3,(H,20,22)(H,21,24);1H. The van der Waals surface area contributed by atoms with Crippen LogP contribution >= 0.6 is 24.0 Å². The number of guanidine groups is 1. The molecule has 0 aliphatic carbocycles. The first-order chi connectivity index (χ1) is 11.3. The minimum Gasteiger partial charge on any atom is -0.357 e. The number of hydrogen-bond donors (Lipinski definition) is 2. The van der Waals surface area contributed by atoms with Crippen molar-refractivity contribution >= 4 is 35.8 Å². The molecule has 0 bridgehead atoms. The fourth-order valence-corrected chi connectivity index (χ4v) is 2.18. The molecular weight excluding hydrogens is 427 g/mol. The maximum atomic E-state index is 11.9. The van der Waals surface area contributed by atoms with Crippen molar-refractivity contribution in [1.29, 1.82) is 0 Å². The molecule has 0 atom stereocenters. The van der Waals surface area contributed by atoms with E-state index in [1.165, 1.54) is 11.1 Å². The first-order valence-electron chi connectivity index (χ1n) is 8.58. The van der Waals surface area contributed by atoms with Crippen molar-refractivity contribution in [3.63, 3.8) is 0 Å². The maximum absolute atomic E-state index is 11.9. The van der Waals surface area contributed by atoms with Crippen LogP contribution in [0.15, 0.2) is 29.3 Å². The van der Waals surface area contributed by atoms with Gasteiger partial charge in [0.25, 0.3) is 0 Å². The summed E-state index contributed by atoms with van der Waals surface area (Å²) in [5.41, 5.74) is 2.19. The van der Waals surface area contributed by atoms with Crippen molar-refractivity contribution in [2.75, 3.05) is 26.7 Å². The first-order valence-corrected chi connectivity index (χ1v) is 8.58. The van der Waals surface area contributed by atoms with Crippen LogP contribution in [-0.4, -0.2) is 43.4 Å². The van der Waals surface area contributed by atoms with Gasteiger partial charge in [-0.2, -0.15) is 0 Å². The van der Waals surface area contributed by atoms with Crippen LogP contribution < -0.4 is 10.6 Å². The Morgan fingerprint density at radius 3 is 2.40 bits per heavy atom. The molecule has 2 N–H and O–H groups in total. The second kappa shape index (κ2) is 11.3. The molecule has 0 saturated heterocycles.